The summed E-state index contributed by atoms with van der Waals surface area (Å²) in [4.78, 5) is 10.7. The van der Waals surface area contributed by atoms with E-state index in [2.05, 4.69) is 5.32 Å². The van der Waals surface area contributed by atoms with Crippen LogP contribution in [-0.4, -0.2) is 35.9 Å². The maximum absolute atomic E-state index is 10.7. The fraction of sp³-hybridized carbons (Fsp3) is 0.900. The molecular weight excluding hydrogens is 182 g/mol. The highest BCUT2D eigenvalue weighted by Gasteiger charge is 2.30. The van der Waals surface area contributed by atoms with E-state index in [9.17, 15) is 4.79 Å². The van der Waals surface area contributed by atoms with Gasteiger partial charge in [0, 0.05) is 13.2 Å². The van der Waals surface area contributed by atoms with Crippen LogP contribution in [0, 0.1) is 0 Å². The Balaban J connectivity index is 2.34. The normalized spacial score (nSPS) is 29.0. The summed E-state index contributed by atoms with van der Waals surface area (Å²) in [5, 5.41) is 11.9. The van der Waals surface area contributed by atoms with Gasteiger partial charge in [-0.2, -0.15) is 0 Å². The molecule has 1 aliphatic rings. The second-order valence-electron chi connectivity index (χ2n) is 4.08. The number of nitrogens with one attached hydrogen (secondary N) is 1. The van der Waals surface area contributed by atoms with Gasteiger partial charge < -0.3 is 15.2 Å². The molecule has 0 spiro atoms. The van der Waals surface area contributed by atoms with Crippen molar-refractivity contribution < 1.29 is 14.6 Å². The van der Waals surface area contributed by atoms with Crippen LogP contribution in [0.25, 0.3) is 0 Å². The van der Waals surface area contributed by atoms with E-state index in [-0.39, 0.29) is 5.60 Å². The molecule has 0 radical (unpaired) electrons. The van der Waals surface area contributed by atoms with E-state index < -0.39 is 12.0 Å². The van der Waals surface area contributed by atoms with Gasteiger partial charge in [0.1, 0.15) is 6.04 Å². The van der Waals surface area contributed by atoms with Gasteiger partial charge >= 0.3 is 5.97 Å². The standard InChI is InChI=1S/C10H19NO3/c1-3-8(9(12)13)11-7-10(2)5-4-6-14-10/h8,11H,3-7H2,1-2H3,(H,12,13). The summed E-state index contributed by atoms with van der Waals surface area (Å²) in [5.74, 6) is -0.783. The molecule has 1 saturated heterocycles. The van der Waals surface area contributed by atoms with E-state index in [0.717, 1.165) is 19.4 Å². The first-order chi connectivity index (χ1) is 6.57. The maximum atomic E-state index is 10.7. The molecule has 2 atom stereocenters. The van der Waals surface area contributed by atoms with Crippen molar-refractivity contribution in [3.05, 3.63) is 0 Å². The van der Waals surface area contributed by atoms with Crippen LogP contribution in [0.3, 0.4) is 0 Å². The summed E-state index contributed by atoms with van der Waals surface area (Å²) in [6.45, 7) is 5.31. The topological polar surface area (TPSA) is 58.6 Å². The quantitative estimate of drug-likeness (QED) is 0.697. The van der Waals surface area contributed by atoms with Crippen molar-refractivity contribution >= 4 is 5.97 Å². The molecule has 0 saturated carbocycles. The van der Waals surface area contributed by atoms with Gasteiger partial charge in [0.25, 0.3) is 0 Å². The first kappa shape index (κ1) is 11.5. The Labute approximate surface area is 84.6 Å². The van der Waals surface area contributed by atoms with Crippen LogP contribution >= 0.6 is 0 Å². The molecule has 0 aromatic carbocycles. The lowest BCUT2D eigenvalue weighted by Crippen LogP contribution is -2.45. The van der Waals surface area contributed by atoms with Gasteiger partial charge in [-0.25, -0.2) is 0 Å². The number of carboxylic acid groups (broad SMARTS) is 1. The second kappa shape index (κ2) is 4.75. The molecule has 0 amide bonds. The molecule has 82 valence electrons. The fourth-order valence-corrected chi connectivity index (χ4v) is 1.72. The van der Waals surface area contributed by atoms with Crippen LogP contribution in [0.1, 0.15) is 33.1 Å². The molecule has 14 heavy (non-hydrogen) atoms. The van der Waals surface area contributed by atoms with Gasteiger partial charge in [-0.15, -0.1) is 0 Å². The number of carboxylic acids is 1. The predicted molar refractivity (Wildman–Crippen MR) is 53.3 cm³/mol. The summed E-state index contributed by atoms with van der Waals surface area (Å²) in [6, 6.07) is -0.448. The summed E-state index contributed by atoms with van der Waals surface area (Å²) in [7, 11) is 0. The molecule has 2 N–H and O–H groups in total. The third-order valence-corrected chi connectivity index (χ3v) is 2.73. The van der Waals surface area contributed by atoms with Gasteiger partial charge in [0.2, 0.25) is 0 Å². The van der Waals surface area contributed by atoms with Gasteiger partial charge in [0.05, 0.1) is 5.60 Å². The SMILES string of the molecule is CCC(NCC1(C)CCCO1)C(=O)O. The zero-order valence-electron chi connectivity index (χ0n) is 8.88. The van der Waals surface area contributed by atoms with Crippen LogP contribution < -0.4 is 5.32 Å². The van der Waals surface area contributed by atoms with Crippen molar-refractivity contribution in [2.75, 3.05) is 13.2 Å². The van der Waals surface area contributed by atoms with E-state index in [1.54, 1.807) is 0 Å². The Kier molecular flexibility index (Phi) is 3.89. The van der Waals surface area contributed by atoms with Crippen LogP contribution in [-0.2, 0) is 9.53 Å². The molecule has 1 heterocycles. The second-order valence-corrected chi connectivity index (χ2v) is 4.08. The van der Waals surface area contributed by atoms with E-state index in [1.807, 2.05) is 13.8 Å². The number of hydrogen-bond donors (Lipinski definition) is 2. The minimum absolute atomic E-state index is 0.164. The van der Waals surface area contributed by atoms with Gasteiger partial charge in [-0.1, -0.05) is 6.92 Å². The average molecular weight is 201 g/mol. The Morgan fingerprint density at radius 2 is 2.43 bits per heavy atom. The maximum Gasteiger partial charge on any atom is 0.320 e. The molecular formula is C10H19NO3. The minimum atomic E-state index is -0.783. The molecule has 4 nitrogen and oxygen atoms in total. The third-order valence-electron chi connectivity index (χ3n) is 2.73. The largest absolute Gasteiger partial charge is 0.480 e. The summed E-state index contributed by atoms with van der Waals surface area (Å²) >= 11 is 0. The lowest BCUT2D eigenvalue weighted by atomic mass is 10.0. The summed E-state index contributed by atoms with van der Waals surface area (Å²) in [5.41, 5.74) is -0.164. The van der Waals surface area contributed by atoms with E-state index in [0.29, 0.717) is 13.0 Å². The number of ether oxygens (including phenoxy) is 1. The lowest BCUT2D eigenvalue weighted by Gasteiger charge is -2.25. The van der Waals surface area contributed by atoms with Gasteiger partial charge in [-0.05, 0) is 26.2 Å². The molecule has 1 rings (SSSR count). The van der Waals surface area contributed by atoms with Crippen molar-refractivity contribution in [1.82, 2.24) is 5.32 Å². The van der Waals surface area contributed by atoms with E-state index in [1.165, 1.54) is 0 Å². The number of carbonyl (C=O) groups is 1. The van der Waals surface area contributed by atoms with Crippen molar-refractivity contribution in [2.24, 2.45) is 0 Å². The smallest absolute Gasteiger partial charge is 0.320 e. The highest BCUT2D eigenvalue weighted by atomic mass is 16.5. The van der Waals surface area contributed by atoms with Gasteiger partial charge in [0.15, 0.2) is 0 Å². The van der Waals surface area contributed by atoms with E-state index in [4.69, 9.17) is 9.84 Å². The summed E-state index contributed by atoms with van der Waals surface area (Å²) in [6.07, 6.45) is 2.68. The molecule has 0 bridgehead atoms. The first-order valence-electron chi connectivity index (χ1n) is 5.17. The van der Waals surface area contributed by atoms with Gasteiger partial charge in [-0.3, -0.25) is 4.79 Å². The van der Waals surface area contributed by atoms with Crippen molar-refractivity contribution in [2.45, 2.75) is 44.8 Å². The molecule has 4 heteroatoms. The Morgan fingerprint density at radius 3 is 2.86 bits per heavy atom. The first-order valence-corrected chi connectivity index (χ1v) is 5.17. The predicted octanol–water partition coefficient (Wildman–Crippen LogP) is 1.01. The minimum Gasteiger partial charge on any atom is -0.480 e. The van der Waals surface area contributed by atoms with Crippen LogP contribution in [0.15, 0.2) is 0 Å². The molecule has 2 unspecified atom stereocenters. The van der Waals surface area contributed by atoms with Crippen molar-refractivity contribution in [3.63, 3.8) is 0 Å². The Hall–Kier alpha value is -0.610. The average Bonchev–Trinajstić information content (AvgIpc) is 2.53. The van der Waals surface area contributed by atoms with Crippen LogP contribution in [0.2, 0.25) is 0 Å². The summed E-state index contributed by atoms with van der Waals surface area (Å²) < 4.78 is 5.56. The Morgan fingerprint density at radius 1 is 1.71 bits per heavy atom. The molecule has 0 aromatic heterocycles. The number of aliphatic carboxylic acids is 1. The monoisotopic (exact) mass is 201 g/mol. The lowest BCUT2D eigenvalue weighted by molar-refractivity contribution is -0.139. The molecule has 1 fully saturated rings. The van der Waals surface area contributed by atoms with Crippen molar-refractivity contribution in [1.29, 1.82) is 0 Å². The highest BCUT2D eigenvalue weighted by molar-refractivity contribution is 5.73. The van der Waals surface area contributed by atoms with Crippen LogP contribution in [0.4, 0.5) is 0 Å². The fourth-order valence-electron chi connectivity index (χ4n) is 1.72. The number of hydrogen-bond acceptors (Lipinski definition) is 3. The van der Waals surface area contributed by atoms with E-state index >= 15 is 0 Å². The van der Waals surface area contributed by atoms with Crippen LogP contribution in [0.5, 0.6) is 0 Å². The molecule has 0 aliphatic carbocycles. The third kappa shape index (κ3) is 2.96. The molecule has 1 aliphatic heterocycles. The number of rotatable bonds is 5. The Bertz CT molecular complexity index is 200. The highest BCUT2D eigenvalue weighted by Crippen LogP contribution is 2.24. The van der Waals surface area contributed by atoms with Crippen molar-refractivity contribution in [3.8, 4) is 0 Å². The zero-order chi connectivity index (χ0) is 10.6. The zero-order valence-corrected chi connectivity index (χ0v) is 8.88. The molecule has 0 aromatic rings.